The van der Waals surface area contributed by atoms with Gasteiger partial charge in [0, 0.05) is 12.8 Å². The third-order valence-electron chi connectivity index (χ3n) is 6.39. The van der Waals surface area contributed by atoms with Gasteiger partial charge in [0.25, 0.3) is 0 Å². The van der Waals surface area contributed by atoms with E-state index in [-0.39, 0.29) is 30.8 Å². The SMILES string of the molecule is CC(NC(=O)C(Cc1ccc(O)cc1)NC(=O)C(N)Cc1ccccc1)C(=O)NC(Cc1ccc(O)cc1)C(=O)O. The van der Waals surface area contributed by atoms with Crippen molar-refractivity contribution >= 4 is 23.7 Å². The predicted octanol–water partition coefficient (Wildman–Crippen LogP) is 1.01. The summed E-state index contributed by atoms with van der Waals surface area (Å²) in [5.41, 5.74) is 8.17. The Bertz CT molecular complexity index is 1330. The fraction of sp³-hybridized carbons (Fsp3) is 0.267. The zero-order valence-corrected chi connectivity index (χ0v) is 22.5. The van der Waals surface area contributed by atoms with Gasteiger partial charge in [0.1, 0.15) is 29.6 Å². The van der Waals surface area contributed by atoms with Gasteiger partial charge in [-0.25, -0.2) is 4.79 Å². The molecule has 0 heterocycles. The van der Waals surface area contributed by atoms with Crippen molar-refractivity contribution in [2.24, 2.45) is 5.73 Å². The molecule has 0 bridgehead atoms. The largest absolute Gasteiger partial charge is 0.508 e. The van der Waals surface area contributed by atoms with Crippen molar-refractivity contribution in [2.45, 2.75) is 50.4 Å². The van der Waals surface area contributed by atoms with E-state index in [4.69, 9.17) is 5.73 Å². The van der Waals surface area contributed by atoms with Crippen LogP contribution in [0.3, 0.4) is 0 Å². The lowest BCUT2D eigenvalue weighted by Crippen LogP contribution is -2.57. The second-order valence-electron chi connectivity index (χ2n) is 9.73. The summed E-state index contributed by atoms with van der Waals surface area (Å²) in [6.07, 6.45) is 0.250. The molecule has 8 N–H and O–H groups in total. The number of carboxylic acid groups (broad SMARTS) is 1. The molecule has 0 radical (unpaired) electrons. The van der Waals surface area contributed by atoms with Gasteiger partial charge in [0.15, 0.2) is 0 Å². The fourth-order valence-electron chi connectivity index (χ4n) is 4.06. The second-order valence-corrected chi connectivity index (χ2v) is 9.73. The molecule has 4 unspecified atom stereocenters. The van der Waals surface area contributed by atoms with E-state index in [0.717, 1.165) is 5.56 Å². The average molecular weight is 563 g/mol. The van der Waals surface area contributed by atoms with Crippen LogP contribution in [0.2, 0.25) is 0 Å². The predicted molar refractivity (Wildman–Crippen MR) is 151 cm³/mol. The van der Waals surface area contributed by atoms with E-state index in [2.05, 4.69) is 16.0 Å². The molecule has 0 fully saturated rings. The lowest BCUT2D eigenvalue weighted by Gasteiger charge is -2.24. The van der Waals surface area contributed by atoms with Gasteiger partial charge in [-0.1, -0.05) is 54.6 Å². The number of nitrogens with one attached hydrogen (secondary N) is 3. The number of carbonyl (C=O) groups excluding carboxylic acids is 3. The first kappa shape index (κ1) is 30.6. The Kier molecular flexibility index (Phi) is 10.8. The number of rotatable bonds is 13. The molecule has 0 saturated carbocycles. The number of carbonyl (C=O) groups is 4. The number of aliphatic carboxylic acids is 1. The first-order valence-corrected chi connectivity index (χ1v) is 13.0. The third-order valence-corrected chi connectivity index (χ3v) is 6.39. The van der Waals surface area contributed by atoms with E-state index in [0.29, 0.717) is 11.1 Å². The standard InChI is InChI=1S/C30H34N4O7/c1-18(27(37)34-26(30(40)41)17-21-9-13-23(36)14-10-21)32-29(39)25(16-20-7-11-22(35)12-8-20)33-28(38)24(31)15-19-5-3-2-4-6-19/h2-14,18,24-26,35-36H,15-17,31H2,1H3,(H,32,39)(H,33,38)(H,34,37)(H,40,41). The fourth-order valence-corrected chi connectivity index (χ4v) is 4.06. The van der Waals surface area contributed by atoms with Crippen LogP contribution in [-0.4, -0.2) is 63.2 Å². The maximum atomic E-state index is 13.3. The first-order chi connectivity index (χ1) is 19.5. The molecule has 3 aromatic carbocycles. The molecule has 3 amide bonds. The van der Waals surface area contributed by atoms with Gasteiger partial charge in [-0.2, -0.15) is 0 Å². The van der Waals surface area contributed by atoms with Crippen molar-refractivity contribution in [3.05, 3.63) is 95.6 Å². The quantitative estimate of drug-likeness (QED) is 0.160. The molecule has 11 nitrogen and oxygen atoms in total. The molecule has 0 aliphatic heterocycles. The van der Waals surface area contributed by atoms with Crippen molar-refractivity contribution < 1.29 is 34.5 Å². The van der Waals surface area contributed by atoms with E-state index in [1.54, 1.807) is 24.3 Å². The number of phenols is 2. The third kappa shape index (κ3) is 9.66. The average Bonchev–Trinajstić information content (AvgIpc) is 2.94. The van der Waals surface area contributed by atoms with Gasteiger partial charge >= 0.3 is 5.97 Å². The Morgan fingerprint density at radius 2 is 1.10 bits per heavy atom. The van der Waals surface area contributed by atoms with Gasteiger partial charge in [-0.15, -0.1) is 0 Å². The van der Waals surface area contributed by atoms with E-state index >= 15 is 0 Å². The zero-order chi connectivity index (χ0) is 29.9. The van der Waals surface area contributed by atoms with E-state index in [9.17, 15) is 34.5 Å². The van der Waals surface area contributed by atoms with Gasteiger partial charge in [0.05, 0.1) is 6.04 Å². The summed E-state index contributed by atoms with van der Waals surface area (Å²) in [5.74, 6) is -3.18. The maximum Gasteiger partial charge on any atom is 0.326 e. The zero-order valence-electron chi connectivity index (χ0n) is 22.5. The lowest BCUT2D eigenvalue weighted by molar-refractivity contribution is -0.142. The van der Waals surface area contributed by atoms with Crippen molar-refractivity contribution in [3.63, 3.8) is 0 Å². The summed E-state index contributed by atoms with van der Waals surface area (Å²) in [5, 5.41) is 36.2. The molecule has 0 saturated heterocycles. The smallest absolute Gasteiger partial charge is 0.326 e. The van der Waals surface area contributed by atoms with Crippen LogP contribution in [0.4, 0.5) is 0 Å². The summed E-state index contributed by atoms with van der Waals surface area (Å²) in [4.78, 5) is 50.8. The van der Waals surface area contributed by atoms with Crippen LogP contribution >= 0.6 is 0 Å². The van der Waals surface area contributed by atoms with Crippen LogP contribution in [0.1, 0.15) is 23.6 Å². The molecule has 0 aliphatic rings. The molecule has 3 aromatic rings. The second kappa shape index (κ2) is 14.5. The number of hydrogen-bond donors (Lipinski definition) is 7. The molecule has 3 rings (SSSR count). The molecule has 4 atom stereocenters. The molecule has 0 aliphatic carbocycles. The highest BCUT2D eigenvalue weighted by atomic mass is 16.4. The maximum absolute atomic E-state index is 13.3. The van der Waals surface area contributed by atoms with Crippen molar-refractivity contribution in [1.29, 1.82) is 0 Å². The summed E-state index contributed by atoms with van der Waals surface area (Å²) in [7, 11) is 0. The molecule has 0 aromatic heterocycles. The van der Waals surface area contributed by atoms with Crippen molar-refractivity contribution in [3.8, 4) is 11.5 Å². The Balaban J connectivity index is 1.67. The number of phenolic OH excluding ortho intramolecular Hbond substituents is 2. The van der Waals surface area contributed by atoms with Gasteiger partial charge < -0.3 is 37.0 Å². The number of amides is 3. The van der Waals surface area contributed by atoms with Crippen LogP contribution in [-0.2, 0) is 38.4 Å². The molecular formula is C30H34N4O7. The monoisotopic (exact) mass is 562 g/mol. The lowest BCUT2D eigenvalue weighted by atomic mass is 10.0. The van der Waals surface area contributed by atoms with E-state index in [1.165, 1.54) is 31.2 Å². The number of hydrogen-bond acceptors (Lipinski definition) is 7. The highest BCUT2D eigenvalue weighted by molar-refractivity contribution is 5.94. The van der Waals surface area contributed by atoms with Gasteiger partial charge in [-0.3, -0.25) is 14.4 Å². The van der Waals surface area contributed by atoms with Crippen LogP contribution in [0.5, 0.6) is 11.5 Å². The van der Waals surface area contributed by atoms with Gasteiger partial charge in [-0.05, 0) is 54.3 Å². The topological polar surface area (TPSA) is 191 Å². The van der Waals surface area contributed by atoms with E-state index in [1.807, 2.05) is 30.3 Å². The molecule has 11 heteroatoms. The number of aromatic hydroxyl groups is 2. The first-order valence-electron chi connectivity index (χ1n) is 13.0. The summed E-state index contributed by atoms with van der Waals surface area (Å²) in [6.45, 7) is 1.40. The number of carboxylic acids is 1. The van der Waals surface area contributed by atoms with Crippen molar-refractivity contribution in [1.82, 2.24) is 16.0 Å². The number of benzene rings is 3. The normalized spacial score (nSPS) is 13.7. The van der Waals surface area contributed by atoms with Crippen LogP contribution in [0.25, 0.3) is 0 Å². The number of nitrogens with two attached hydrogens (primary N) is 1. The Hall–Kier alpha value is -4.90. The molecule has 216 valence electrons. The molecule has 0 spiro atoms. The highest BCUT2D eigenvalue weighted by Gasteiger charge is 2.29. The summed E-state index contributed by atoms with van der Waals surface area (Å²) < 4.78 is 0. The Morgan fingerprint density at radius 1 is 0.634 bits per heavy atom. The van der Waals surface area contributed by atoms with Crippen LogP contribution in [0.15, 0.2) is 78.9 Å². The molecule has 41 heavy (non-hydrogen) atoms. The Labute approximate surface area is 237 Å². The van der Waals surface area contributed by atoms with Crippen molar-refractivity contribution in [2.75, 3.05) is 0 Å². The van der Waals surface area contributed by atoms with Gasteiger partial charge in [0.2, 0.25) is 17.7 Å². The summed E-state index contributed by atoms with van der Waals surface area (Å²) in [6, 6.07) is 16.7. The van der Waals surface area contributed by atoms with Crippen LogP contribution in [0, 0.1) is 0 Å². The van der Waals surface area contributed by atoms with Crippen LogP contribution < -0.4 is 21.7 Å². The minimum absolute atomic E-state index is 0.0240. The molecular weight excluding hydrogens is 528 g/mol. The highest BCUT2D eigenvalue weighted by Crippen LogP contribution is 2.13. The summed E-state index contributed by atoms with van der Waals surface area (Å²) >= 11 is 0. The van der Waals surface area contributed by atoms with E-state index < -0.39 is 47.9 Å². The minimum atomic E-state index is -1.28. The minimum Gasteiger partial charge on any atom is -0.508 e. The Morgan fingerprint density at radius 3 is 1.61 bits per heavy atom.